The van der Waals surface area contributed by atoms with Crippen LogP contribution in [0.15, 0.2) is 0 Å². The molecule has 33 heteroatoms. The third-order valence-corrected chi connectivity index (χ3v) is 22.3. The minimum absolute atomic E-state index is 0.00546. The highest BCUT2D eigenvalue weighted by atomic mass is 16.6. The molecule has 0 aromatic rings. The highest BCUT2D eigenvalue weighted by Crippen LogP contribution is 2.36. The first kappa shape index (κ1) is 105. The lowest BCUT2D eigenvalue weighted by molar-refractivity contribution is -0.242. The zero-order valence-corrected chi connectivity index (χ0v) is 72.5. The molecule has 5 amide bonds. The van der Waals surface area contributed by atoms with Crippen LogP contribution in [0.4, 0.5) is 0 Å². The van der Waals surface area contributed by atoms with Gasteiger partial charge in [0.05, 0.1) is 99.9 Å². The standard InChI is InChI=1S/C83H150N6O27/c1-53(93)87-65-71(105)68(102)57(47-90)114-74(65)80(10,11)111-41-26-18-30-60(97)77(4,5)36-21-24-38-84-63(100)34-45-109-51-83(16,50-108-44-33-56(96)29-17-23-40-86-79(8,9)62(99)32-20-28-43-113-82(14,15)76-67(89-55(3)95)73(107)70(104)59(49-92)116-76)52-110-46-35-64(101)85-39-25-22-37-78(6,7)61(98)31-19-27-42-112-81(12,13)75-66(88-54(2)94)72(106)69(103)58(48-91)115-75/h57-59,65-76,86,90-92,102-107H,17-52H2,1-16H3,(H,84,100)(H,85,101)(H,87,93)(H,88,94)(H,89,95)/t57?,58?,59?,65?,66?,67?,68-,69-,70-,71+,72+,73+,74+,75+,76+,83?/m0/s1. The van der Waals surface area contributed by atoms with Crippen LogP contribution in [0.3, 0.4) is 0 Å². The van der Waals surface area contributed by atoms with Crippen LogP contribution in [-0.4, -0.2) is 311 Å². The fourth-order valence-corrected chi connectivity index (χ4v) is 14.7. The molecule has 116 heavy (non-hydrogen) atoms. The number of nitrogens with one attached hydrogen (secondary N) is 6. The SMILES string of the molecule is CC(=O)NC1[C@@H](O)[C@@H](O)C(CO)O[C@H]1C(C)(C)OCCCCC(=O)C(C)(C)CCCCNC(=O)CCOCC(C)(COCCC(=O)CCCCNC(C)(C)C(=O)CCCCOC(C)(C)[C@@H]1OC(CO)[C@H](O)[C@H](O)C1NC(C)=O)COCCC(=O)NCCCCC(C)(C)C(=O)CCCCOC(C)(C)[C@@H]1OC(CO)[C@H](O)[C@H](O)C1NC(C)=O. The van der Waals surface area contributed by atoms with Crippen molar-refractivity contribution in [3.8, 4) is 0 Å². The van der Waals surface area contributed by atoms with Gasteiger partial charge in [-0.15, -0.1) is 0 Å². The van der Waals surface area contributed by atoms with Crippen molar-refractivity contribution in [3.05, 3.63) is 0 Å². The normalized spacial score (nSPS) is 24.9. The summed E-state index contributed by atoms with van der Waals surface area (Å²) in [6, 6.07) is -2.97. The number of unbranched alkanes of at least 4 members (excludes halogenated alkanes) is 6. The summed E-state index contributed by atoms with van der Waals surface area (Å²) in [5, 5.41) is 110. The van der Waals surface area contributed by atoms with E-state index in [0.717, 1.165) is 0 Å². The topological polar surface area (TPSA) is 491 Å². The van der Waals surface area contributed by atoms with Crippen LogP contribution >= 0.6 is 0 Å². The van der Waals surface area contributed by atoms with Gasteiger partial charge < -0.3 is 120 Å². The van der Waals surface area contributed by atoms with Crippen molar-refractivity contribution >= 4 is 52.7 Å². The first-order chi connectivity index (χ1) is 54.2. The number of aliphatic hydroxyl groups is 9. The third-order valence-electron chi connectivity index (χ3n) is 22.3. The van der Waals surface area contributed by atoms with Crippen molar-refractivity contribution in [2.24, 2.45) is 16.2 Å². The Kier molecular flexibility index (Phi) is 46.6. The average Bonchev–Trinajstić information content (AvgIpc) is 0.788. The molecular weight excluding hydrogens is 1510 g/mol. The maximum atomic E-state index is 13.4. The van der Waals surface area contributed by atoms with Crippen LogP contribution in [-0.2, 0) is 85.8 Å². The number of hydrogen-bond acceptors (Lipinski definition) is 28. The van der Waals surface area contributed by atoms with E-state index in [-0.39, 0.29) is 120 Å². The van der Waals surface area contributed by atoms with Gasteiger partial charge in [0.15, 0.2) is 5.78 Å². The molecule has 0 bridgehead atoms. The van der Waals surface area contributed by atoms with Gasteiger partial charge in [0.1, 0.15) is 90.6 Å². The number of amides is 5. The fourth-order valence-electron chi connectivity index (χ4n) is 14.7. The van der Waals surface area contributed by atoms with Gasteiger partial charge in [-0.3, -0.25) is 43.2 Å². The Morgan fingerprint density at radius 2 is 0.647 bits per heavy atom. The number of ether oxygens (including phenoxy) is 9. The molecule has 3 heterocycles. The third kappa shape index (κ3) is 36.5. The van der Waals surface area contributed by atoms with Gasteiger partial charge in [-0.2, -0.15) is 0 Å². The number of Topliss-reactive ketones (excluding diaryl/α,β-unsaturated/α-hetero) is 4. The van der Waals surface area contributed by atoms with Gasteiger partial charge in [0, 0.05) is 115 Å². The Bertz CT molecular complexity index is 2670. The van der Waals surface area contributed by atoms with Gasteiger partial charge in [-0.1, -0.05) is 47.5 Å². The van der Waals surface area contributed by atoms with Gasteiger partial charge >= 0.3 is 0 Å². The number of carbonyl (C=O) groups excluding carboxylic acids is 9. The smallest absolute Gasteiger partial charge is 0.222 e. The Morgan fingerprint density at radius 3 is 0.966 bits per heavy atom. The van der Waals surface area contributed by atoms with Crippen molar-refractivity contribution in [1.82, 2.24) is 31.9 Å². The lowest BCUT2D eigenvalue weighted by Gasteiger charge is -2.48. The zero-order valence-electron chi connectivity index (χ0n) is 72.5. The van der Waals surface area contributed by atoms with E-state index < -0.39 is 168 Å². The Labute approximate surface area is 688 Å². The molecule has 674 valence electrons. The van der Waals surface area contributed by atoms with Crippen molar-refractivity contribution in [3.63, 3.8) is 0 Å². The van der Waals surface area contributed by atoms with Crippen LogP contribution in [0.1, 0.15) is 246 Å². The molecule has 0 saturated carbocycles. The highest BCUT2D eigenvalue weighted by Gasteiger charge is 2.54. The summed E-state index contributed by atoms with van der Waals surface area (Å²) in [6.45, 7) is 28.6. The van der Waals surface area contributed by atoms with E-state index in [0.29, 0.717) is 129 Å². The second-order valence-corrected chi connectivity index (χ2v) is 35.6. The first-order valence-corrected chi connectivity index (χ1v) is 42.0. The Balaban J connectivity index is 1.44. The molecule has 3 aliphatic rings. The number of carbonyl (C=O) groups is 9. The van der Waals surface area contributed by atoms with E-state index in [9.17, 15) is 89.1 Å². The maximum Gasteiger partial charge on any atom is 0.222 e. The van der Waals surface area contributed by atoms with Crippen LogP contribution in [0.2, 0.25) is 0 Å². The summed E-state index contributed by atoms with van der Waals surface area (Å²) >= 11 is 0. The van der Waals surface area contributed by atoms with Crippen LogP contribution in [0.25, 0.3) is 0 Å². The van der Waals surface area contributed by atoms with Crippen molar-refractivity contribution in [2.75, 3.05) is 98.9 Å². The molecule has 3 rings (SSSR count). The molecule has 15 N–H and O–H groups in total. The summed E-state index contributed by atoms with van der Waals surface area (Å²) in [7, 11) is 0. The fraction of sp³-hybridized carbons (Fsp3) is 0.892. The second kappa shape index (κ2) is 51.3. The minimum atomic E-state index is -1.42. The molecule has 3 fully saturated rings. The van der Waals surface area contributed by atoms with E-state index in [1.807, 2.05) is 48.5 Å². The van der Waals surface area contributed by atoms with E-state index in [1.165, 1.54) is 20.8 Å². The molecule has 0 aliphatic carbocycles. The summed E-state index contributed by atoms with van der Waals surface area (Å²) < 4.78 is 54.4. The lowest BCUT2D eigenvalue weighted by Crippen LogP contribution is -2.68. The van der Waals surface area contributed by atoms with Crippen LogP contribution in [0, 0.1) is 16.2 Å². The van der Waals surface area contributed by atoms with E-state index in [4.69, 9.17) is 42.6 Å². The first-order valence-electron chi connectivity index (χ1n) is 42.0. The number of aliphatic hydroxyl groups excluding tert-OH is 9. The number of ketones is 4. The average molecular weight is 1660 g/mol. The largest absolute Gasteiger partial charge is 0.394 e. The van der Waals surface area contributed by atoms with Crippen molar-refractivity contribution < 1.29 is 132 Å². The number of rotatable bonds is 61. The maximum absolute atomic E-state index is 13.4. The Morgan fingerprint density at radius 1 is 0.345 bits per heavy atom. The van der Waals surface area contributed by atoms with Gasteiger partial charge in [-0.05, 0) is 139 Å². The van der Waals surface area contributed by atoms with E-state index in [1.54, 1.807) is 41.5 Å². The Hall–Kier alpha value is -4.73. The summed E-state index contributed by atoms with van der Waals surface area (Å²) in [5.41, 5.74) is -5.93. The molecule has 15 atom stereocenters. The second-order valence-electron chi connectivity index (χ2n) is 35.6. The van der Waals surface area contributed by atoms with Gasteiger partial charge in [0.25, 0.3) is 0 Å². The molecule has 0 radical (unpaired) electrons. The van der Waals surface area contributed by atoms with E-state index >= 15 is 0 Å². The monoisotopic (exact) mass is 1660 g/mol. The molecule has 3 saturated heterocycles. The van der Waals surface area contributed by atoms with Crippen molar-refractivity contribution in [2.45, 2.75) is 359 Å². The van der Waals surface area contributed by atoms with Gasteiger partial charge in [0.2, 0.25) is 29.5 Å². The van der Waals surface area contributed by atoms with Gasteiger partial charge in [-0.25, -0.2) is 0 Å². The predicted molar refractivity (Wildman–Crippen MR) is 429 cm³/mol. The molecule has 3 aliphatic heterocycles. The van der Waals surface area contributed by atoms with E-state index in [2.05, 4.69) is 31.9 Å². The molecule has 6 unspecified atom stereocenters. The predicted octanol–water partition coefficient (Wildman–Crippen LogP) is 2.51. The molecule has 0 aromatic heterocycles. The quantitative estimate of drug-likeness (QED) is 0.0389. The van der Waals surface area contributed by atoms with Crippen LogP contribution in [0.5, 0.6) is 0 Å². The van der Waals surface area contributed by atoms with Crippen molar-refractivity contribution in [1.29, 1.82) is 0 Å². The molecule has 0 spiro atoms. The summed E-state index contributed by atoms with van der Waals surface area (Å²) in [6.07, 6.45) is -4.44. The highest BCUT2D eigenvalue weighted by molar-refractivity contribution is 5.87. The molecular formula is C83H150N6O27. The van der Waals surface area contributed by atoms with Crippen LogP contribution < -0.4 is 31.9 Å². The lowest BCUT2D eigenvalue weighted by atomic mass is 9.81. The molecule has 0 aromatic carbocycles. The zero-order chi connectivity index (χ0) is 87.4. The number of hydrogen-bond donors (Lipinski definition) is 15. The summed E-state index contributed by atoms with van der Waals surface area (Å²) in [4.78, 5) is 115. The minimum Gasteiger partial charge on any atom is -0.394 e. The molecule has 33 nitrogen and oxygen atoms in total. The summed E-state index contributed by atoms with van der Waals surface area (Å²) in [5.74, 6) is -1.51.